The second-order valence-corrected chi connectivity index (χ2v) is 11.8. The molecule has 3 amide bonds. The number of likely N-dealkylation sites (tertiary alicyclic amines) is 1. The quantitative estimate of drug-likeness (QED) is 0.332. The molecule has 0 radical (unpaired) electrons. The number of hydrogen-bond donors (Lipinski definition) is 2. The monoisotopic (exact) mass is 613 g/mol. The number of alkyl carbamates (subject to hydrolysis) is 1. The smallest absolute Gasteiger partial charge is 0.408 e. The lowest BCUT2D eigenvalue weighted by Crippen LogP contribution is -2.42. The van der Waals surface area contributed by atoms with Crippen LogP contribution in [-0.4, -0.2) is 59.7 Å². The highest BCUT2D eigenvalue weighted by atomic mass is 16.7. The summed E-state index contributed by atoms with van der Waals surface area (Å²) in [5.74, 6) is -0.940. The Balaban J connectivity index is 1.16. The Labute approximate surface area is 262 Å². The second kappa shape index (κ2) is 14.3. The van der Waals surface area contributed by atoms with Crippen molar-refractivity contribution < 1.29 is 33.7 Å². The second-order valence-electron chi connectivity index (χ2n) is 11.8. The van der Waals surface area contributed by atoms with E-state index in [1.807, 2.05) is 60.7 Å². The Hall–Kier alpha value is -4.09. The van der Waals surface area contributed by atoms with Crippen molar-refractivity contribution in [3.05, 3.63) is 101 Å². The standard InChI is InChI=1S/C35H39N3O7/c39-22-24-12-14-26(15-13-24)31-19-29(21-37-16-5-2-6-17-37)44-34(45-31)27-10-7-11-28(18-27)38-32(40)20-30(33(38)41)36-35(42)43-23-25-8-3-1-4-9-25/h1,3-4,7-15,18,29-31,34,39H,2,5-6,16-17,19-23H2,(H,36,42). The van der Waals surface area contributed by atoms with E-state index in [1.54, 1.807) is 18.2 Å². The summed E-state index contributed by atoms with van der Waals surface area (Å²) in [6, 6.07) is 23.0. The van der Waals surface area contributed by atoms with Gasteiger partial charge >= 0.3 is 6.09 Å². The summed E-state index contributed by atoms with van der Waals surface area (Å²) in [7, 11) is 0. The zero-order valence-electron chi connectivity index (χ0n) is 25.2. The van der Waals surface area contributed by atoms with Gasteiger partial charge in [-0.15, -0.1) is 0 Å². The first-order valence-electron chi connectivity index (χ1n) is 15.6. The molecule has 45 heavy (non-hydrogen) atoms. The van der Waals surface area contributed by atoms with Gasteiger partial charge in [-0.2, -0.15) is 0 Å². The third kappa shape index (κ3) is 7.59. The highest BCUT2D eigenvalue weighted by Gasteiger charge is 2.41. The normalized spacial score (nSPS) is 24.1. The van der Waals surface area contributed by atoms with Crippen molar-refractivity contribution in [3.8, 4) is 0 Å². The van der Waals surface area contributed by atoms with E-state index in [0.29, 0.717) is 17.7 Å². The number of carbonyl (C=O) groups is 3. The first kappa shape index (κ1) is 30.9. The van der Waals surface area contributed by atoms with E-state index >= 15 is 0 Å². The Morgan fingerprint density at radius 2 is 1.67 bits per heavy atom. The molecule has 0 spiro atoms. The first-order valence-corrected chi connectivity index (χ1v) is 15.6. The minimum atomic E-state index is -1.02. The van der Waals surface area contributed by atoms with Crippen molar-refractivity contribution in [2.75, 3.05) is 24.5 Å². The molecule has 4 atom stereocenters. The molecule has 2 N–H and O–H groups in total. The lowest BCUT2D eigenvalue weighted by atomic mass is 9.99. The molecule has 0 saturated carbocycles. The minimum Gasteiger partial charge on any atom is -0.445 e. The van der Waals surface area contributed by atoms with Crippen molar-refractivity contribution in [2.45, 2.75) is 69.9 Å². The summed E-state index contributed by atoms with van der Waals surface area (Å²) in [5.41, 5.74) is 3.72. The van der Waals surface area contributed by atoms with Gasteiger partial charge < -0.3 is 29.5 Å². The number of nitrogens with one attached hydrogen (secondary N) is 1. The number of rotatable bonds is 9. The fourth-order valence-electron chi connectivity index (χ4n) is 6.20. The number of carbonyl (C=O) groups excluding carboxylic acids is 3. The minimum absolute atomic E-state index is 0.0267. The molecule has 10 nitrogen and oxygen atoms in total. The fraction of sp³-hybridized carbons (Fsp3) is 0.400. The molecule has 0 aliphatic carbocycles. The van der Waals surface area contributed by atoms with Crippen LogP contribution in [-0.2, 0) is 37.0 Å². The van der Waals surface area contributed by atoms with Crippen LogP contribution in [0.15, 0.2) is 78.9 Å². The van der Waals surface area contributed by atoms with Crippen LogP contribution < -0.4 is 10.2 Å². The average Bonchev–Trinajstić information content (AvgIpc) is 3.36. The lowest BCUT2D eigenvalue weighted by Gasteiger charge is -2.39. The number of nitrogens with zero attached hydrogens (tertiary/aromatic N) is 2. The molecule has 0 aromatic heterocycles. The SMILES string of the molecule is O=C(NC1CC(=O)N(c2cccc(C3OC(CN4CCCCC4)CC(c4ccc(CO)cc4)O3)c2)C1=O)OCc1ccccc1. The van der Waals surface area contributed by atoms with Crippen LogP contribution in [0.25, 0.3) is 0 Å². The van der Waals surface area contributed by atoms with Gasteiger partial charge in [0.1, 0.15) is 12.6 Å². The van der Waals surface area contributed by atoms with Crippen molar-refractivity contribution in [1.29, 1.82) is 0 Å². The highest BCUT2D eigenvalue weighted by Crippen LogP contribution is 2.39. The fourth-order valence-corrected chi connectivity index (χ4v) is 6.20. The van der Waals surface area contributed by atoms with E-state index < -0.39 is 30.2 Å². The van der Waals surface area contributed by atoms with Crippen LogP contribution >= 0.6 is 0 Å². The number of anilines is 1. The van der Waals surface area contributed by atoms with Crippen molar-refractivity contribution >= 4 is 23.6 Å². The van der Waals surface area contributed by atoms with Gasteiger partial charge in [-0.1, -0.05) is 73.2 Å². The van der Waals surface area contributed by atoms with E-state index in [0.717, 1.165) is 41.2 Å². The van der Waals surface area contributed by atoms with E-state index in [1.165, 1.54) is 19.3 Å². The maximum absolute atomic E-state index is 13.3. The number of hydrogen-bond acceptors (Lipinski definition) is 8. The molecule has 3 heterocycles. The summed E-state index contributed by atoms with van der Waals surface area (Å²) in [6.07, 6.45) is 2.33. The summed E-state index contributed by atoms with van der Waals surface area (Å²) >= 11 is 0. The molecule has 3 saturated heterocycles. The Morgan fingerprint density at radius 1 is 0.889 bits per heavy atom. The van der Waals surface area contributed by atoms with Crippen molar-refractivity contribution in [3.63, 3.8) is 0 Å². The van der Waals surface area contributed by atoms with Crippen LogP contribution in [0.5, 0.6) is 0 Å². The predicted octanol–water partition coefficient (Wildman–Crippen LogP) is 4.77. The topological polar surface area (TPSA) is 118 Å². The lowest BCUT2D eigenvalue weighted by molar-refractivity contribution is -0.253. The van der Waals surface area contributed by atoms with Crippen LogP contribution in [0.4, 0.5) is 10.5 Å². The third-order valence-electron chi connectivity index (χ3n) is 8.58. The van der Waals surface area contributed by atoms with Crippen LogP contribution in [0.3, 0.4) is 0 Å². The number of ether oxygens (including phenoxy) is 3. The van der Waals surface area contributed by atoms with E-state index in [2.05, 4.69) is 10.2 Å². The largest absolute Gasteiger partial charge is 0.445 e. The molecule has 4 unspecified atom stereocenters. The maximum atomic E-state index is 13.3. The van der Waals surface area contributed by atoms with Gasteiger partial charge in [-0.3, -0.25) is 9.59 Å². The number of piperidine rings is 1. The Kier molecular flexibility index (Phi) is 9.85. The van der Waals surface area contributed by atoms with Crippen LogP contribution in [0.2, 0.25) is 0 Å². The average molecular weight is 614 g/mol. The van der Waals surface area contributed by atoms with Crippen LogP contribution in [0, 0.1) is 0 Å². The van der Waals surface area contributed by atoms with E-state index in [4.69, 9.17) is 14.2 Å². The zero-order valence-corrected chi connectivity index (χ0v) is 25.2. The Bertz CT molecular complexity index is 1480. The van der Waals surface area contributed by atoms with Crippen LogP contribution in [0.1, 0.15) is 66.8 Å². The summed E-state index contributed by atoms with van der Waals surface area (Å²) in [5, 5.41) is 12.0. The van der Waals surface area contributed by atoms with Crippen molar-refractivity contribution in [1.82, 2.24) is 10.2 Å². The number of aliphatic hydroxyl groups excluding tert-OH is 1. The summed E-state index contributed by atoms with van der Waals surface area (Å²) < 4.78 is 18.3. The molecule has 3 aromatic carbocycles. The van der Waals surface area contributed by atoms with Gasteiger partial charge in [-0.25, -0.2) is 9.69 Å². The molecule has 6 rings (SSSR count). The van der Waals surface area contributed by atoms with E-state index in [9.17, 15) is 19.5 Å². The van der Waals surface area contributed by atoms with E-state index in [-0.39, 0.29) is 31.8 Å². The van der Waals surface area contributed by atoms with Gasteiger partial charge in [0.15, 0.2) is 6.29 Å². The molecule has 0 bridgehead atoms. The van der Waals surface area contributed by atoms with Crippen molar-refractivity contribution in [2.24, 2.45) is 0 Å². The number of aliphatic hydroxyl groups is 1. The molecule has 3 aliphatic heterocycles. The Morgan fingerprint density at radius 3 is 2.42 bits per heavy atom. The maximum Gasteiger partial charge on any atom is 0.408 e. The molecule has 3 aliphatic rings. The summed E-state index contributed by atoms with van der Waals surface area (Å²) in [4.78, 5) is 42.3. The molecule has 3 aromatic rings. The van der Waals surface area contributed by atoms with Gasteiger partial charge in [0.2, 0.25) is 5.91 Å². The molecule has 3 fully saturated rings. The first-order chi connectivity index (χ1) is 22.0. The number of benzene rings is 3. The molecule has 10 heteroatoms. The molecule has 236 valence electrons. The van der Waals surface area contributed by atoms with Gasteiger partial charge in [0.25, 0.3) is 5.91 Å². The van der Waals surface area contributed by atoms with Gasteiger partial charge in [0.05, 0.1) is 30.9 Å². The molecular formula is C35H39N3O7. The summed E-state index contributed by atoms with van der Waals surface area (Å²) in [6.45, 7) is 2.92. The zero-order chi connectivity index (χ0) is 31.2. The highest BCUT2D eigenvalue weighted by molar-refractivity contribution is 6.22. The predicted molar refractivity (Wildman–Crippen MR) is 166 cm³/mol. The number of amides is 3. The van der Waals surface area contributed by atoms with Gasteiger partial charge in [-0.05, 0) is 54.8 Å². The molecular weight excluding hydrogens is 574 g/mol. The van der Waals surface area contributed by atoms with Gasteiger partial charge in [0, 0.05) is 18.5 Å². The third-order valence-corrected chi connectivity index (χ3v) is 8.58. The number of imide groups is 1.